The zero-order valence-corrected chi connectivity index (χ0v) is 40.0. The maximum Gasteiger partial charge on any atom is 0.296 e. The SMILES string of the molecule is CCN(CC)c1cc(Nc2nc(Nc3cc(N(CC)CC)c(OC)cc3N=Nc3nc4cccc(S(=O)(=O)O)c4s3)nc(N(CCO)CCO)n2)c(N=Nc2nc3ccccc3s2)cc1OC. The quantitative estimate of drug-likeness (QED) is 0.0313. The van der Waals surface area contributed by atoms with Crippen molar-refractivity contribution in [2.45, 2.75) is 32.6 Å². The second-order valence-corrected chi connectivity index (χ2v) is 17.7. The first-order chi connectivity index (χ1) is 32.4. The van der Waals surface area contributed by atoms with E-state index in [1.807, 2.05) is 64.1 Å². The number of anilines is 7. The van der Waals surface area contributed by atoms with E-state index in [1.165, 1.54) is 23.5 Å². The Kier molecular flexibility index (Phi) is 15.6. The Balaban J connectivity index is 1.36. The Labute approximate surface area is 394 Å². The number of para-hydroxylation sites is 1. The van der Waals surface area contributed by atoms with Crippen molar-refractivity contribution in [1.82, 2.24) is 24.9 Å². The van der Waals surface area contributed by atoms with Gasteiger partial charge in [0.05, 0.1) is 70.6 Å². The van der Waals surface area contributed by atoms with Crippen LogP contribution in [0, 0.1) is 0 Å². The van der Waals surface area contributed by atoms with Gasteiger partial charge >= 0.3 is 0 Å². The number of aliphatic hydroxyl groups is 2. The molecule has 0 saturated carbocycles. The summed E-state index contributed by atoms with van der Waals surface area (Å²) in [5.41, 5.74) is 4.17. The summed E-state index contributed by atoms with van der Waals surface area (Å²) in [4.78, 5) is 28.9. The number of aliphatic hydroxyl groups excluding tert-OH is 2. The number of rotatable bonds is 22. The van der Waals surface area contributed by atoms with E-state index in [0.717, 1.165) is 32.9 Å². The molecule has 0 fully saturated rings. The summed E-state index contributed by atoms with van der Waals surface area (Å²) in [6.07, 6.45) is 0. The molecule has 3 heterocycles. The van der Waals surface area contributed by atoms with E-state index in [-0.39, 0.29) is 64.6 Å². The van der Waals surface area contributed by atoms with Crippen molar-refractivity contribution in [2.24, 2.45) is 20.5 Å². The van der Waals surface area contributed by atoms with Gasteiger partial charge < -0.3 is 45.0 Å². The van der Waals surface area contributed by atoms with E-state index in [4.69, 9.17) is 24.4 Å². The van der Waals surface area contributed by atoms with Gasteiger partial charge in [-0.3, -0.25) is 4.55 Å². The minimum absolute atomic E-state index is 0.0494. The van der Waals surface area contributed by atoms with Crippen molar-refractivity contribution in [2.75, 3.05) is 92.0 Å². The number of hydrogen-bond acceptors (Lipinski definition) is 22. The Hall–Kier alpha value is -6.70. The average molecular weight is 971 g/mol. The molecule has 67 heavy (non-hydrogen) atoms. The summed E-state index contributed by atoms with van der Waals surface area (Å²) in [6, 6.07) is 19.3. The molecule has 5 N–H and O–H groups in total. The smallest absolute Gasteiger partial charge is 0.296 e. The molecule has 4 aromatic carbocycles. The van der Waals surface area contributed by atoms with Gasteiger partial charge in [0, 0.05) is 51.4 Å². The van der Waals surface area contributed by atoms with E-state index in [0.29, 0.717) is 65.4 Å². The minimum atomic E-state index is -4.53. The van der Waals surface area contributed by atoms with E-state index in [1.54, 1.807) is 37.3 Å². The number of aromatic nitrogens is 5. The summed E-state index contributed by atoms with van der Waals surface area (Å²) in [5.74, 6) is 1.31. The molecule has 0 unspecified atom stereocenters. The number of fused-ring (bicyclic) bond motifs is 2. The molecule has 21 nitrogen and oxygen atoms in total. The van der Waals surface area contributed by atoms with Crippen LogP contribution in [-0.4, -0.2) is 115 Å². The molecule has 0 amide bonds. The van der Waals surface area contributed by atoms with Gasteiger partial charge in [0.2, 0.25) is 28.1 Å². The van der Waals surface area contributed by atoms with E-state index >= 15 is 0 Å². The first kappa shape index (κ1) is 48.2. The van der Waals surface area contributed by atoms with Crippen molar-refractivity contribution >= 4 is 115 Å². The van der Waals surface area contributed by atoms with Crippen molar-refractivity contribution in [3.05, 3.63) is 66.7 Å². The fourth-order valence-electron chi connectivity index (χ4n) is 7.10. The fraction of sp³-hybridized carbons (Fsp3) is 0.326. The molecule has 0 aliphatic carbocycles. The third kappa shape index (κ3) is 11.1. The molecule has 352 valence electrons. The third-order valence-electron chi connectivity index (χ3n) is 10.4. The van der Waals surface area contributed by atoms with Gasteiger partial charge in [-0.1, -0.05) is 40.9 Å². The topological polar surface area (TPSA) is 261 Å². The number of nitrogens with one attached hydrogen (secondary N) is 2. The predicted molar refractivity (Wildman–Crippen MR) is 263 cm³/mol. The van der Waals surface area contributed by atoms with Gasteiger partial charge in [-0.25, -0.2) is 9.97 Å². The van der Waals surface area contributed by atoms with Crippen LogP contribution < -0.4 is 34.8 Å². The maximum absolute atomic E-state index is 12.1. The summed E-state index contributed by atoms with van der Waals surface area (Å²) >= 11 is 2.35. The molecule has 0 aliphatic heterocycles. The Morgan fingerprint density at radius 2 is 1.13 bits per heavy atom. The second kappa shape index (κ2) is 21.7. The molecule has 7 rings (SSSR count). The van der Waals surface area contributed by atoms with Crippen LogP contribution >= 0.6 is 22.7 Å². The molecule has 3 aromatic heterocycles. The first-order valence-electron chi connectivity index (χ1n) is 21.2. The summed E-state index contributed by atoms with van der Waals surface area (Å²) < 4.78 is 47.0. The monoisotopic (exact) mass is 970 g/mol. The van der Waals surface area contributed by atoms with Gasteiger partial charge in [-0.05, 0) is 64.1 Å². The van der Waals surface area contributed by atoms with Gasteiger partial charge in [0.1, 0.15) is 27.8 Å². The molecular formula is C43H50N14O7S3. The van der Waals surface area contributed by atoms with Crippen LogP contribution in [0.2, 0.25) is 0 Å². The lowest BCUT2D eigenvalue weighted by Gasteiger charge is -2.25. The van der Waals surface area contributed by atoms with Gasteiger partial charge in [-0.15, -0.1) is 20.5 Å². The highest BCUT2D eigenvalue weighted by Gasteiger charge is 2.22. The number of azo groups is 2. The van der Waals surface area contributed by atoms with Crippen LogP contribution in [0.3, 0.4) is 0 Å². The Morgan fingerprint density at radius 1 is 0.627 bits per heavy atom. The molecule has 0 radical (unpaired) electrons. The molecule has 0 bridgehead atoms. The maximum atomic E-state index is 12.1. The zero-order valence-electron chi connectivity index (χ0n) is 37.6. The van der Waals surface area contributed by atoms with Crippen molar-refractivity contribution in [3.63, 3.8) is 0 Å². The molecule has 0 saturated heterocycles. The zero-order chi connectivity index (χ0) is 47.7. The van der Waals surface area contributed by atoms with Crippen molar-refractivity contribution in [3.8, 4) is 11.5 Å². The average Bonchev–Trinajstić information content (AvgIpc) is 3.95. The number of nitrogens with zero attached hydrogens (tertiary/aromatic N) is 12. The lowest BCUT2D eigenvalue weighted by molar-refractivity contribution is 0.280. The van der Waals surface area contributed by atoms with Crippen LogP contribution in [0.4, 0.5) is 62.2 Å². The van der Waals surface area contributed by atoms with E-state index in [2.05, 4.69) is 50.9 Å². The van der Waals surface area contributed by atoms with Gasteiger partial charge in [0.15, 0.2) is 0 Å². The highest BCUT2D eigenvalue weighted by Crippen LogP contribution is 2.43. The standard InChI is InChI=1S/C43H50N14O7S3/c1-7-55(8-2)32-22-28(30(24-34(32)63-5)51-53-42-46-26-14-11-12-16-36(26)65-42)44-39-48-40(50-41(49-39)57(18-20-58)19-21-59)45-29-23-33(56(9-3)10-4)35(64-6)25-31(29)52-54-43-47-27-15-13-17-37(38(27)66-43)67(60,61)62/h11-17,22-25,58-59H,7-10,18-21H2,1-6H3,(H,60,61,62)(H2,44,45,48,49,50). The van der Waals surface area contributed by atoms with Crippen LogP contribution in [0.1, 0.15) is 27.7 Å². The molecular weight excluding hydrogens is 921 g/mol. The van der Waals surface area contributed by atoms with Crippen LogP contribution in [0.5, 0.6) is 11.5 Å². The molecule has 0 atom stereocenters. The number of benzene rings is 4. The lowest BCUT2D eigenvalue weighted by atomic mass is 10.2. The Morgan fingerprint density at radius 3 is 1.63 bits per heavy atom. The predicted octanol–water partition coefficient (Wildman–Crippen LogP) is 9.16. The van der Waals surface area contributed by atoms with E-state index in [9.17, 15) is 23.2 Å². The number of thiazole rings is 2. The van der Waals surface area contributed by atoms with E-state index < -0.39 is 10.1 Å². The molecule has 7 aromatic rings. The van der Waals surface area contributed by atoms with Crippen LogP contribution in [-0.2, 0) is 10.1 Å². The summed E-state index contributed by atoms with van der Waals surface area (Å²) in [7, 11) is -1.40. The van der Waals surface area contributed by atoms with Crippen LogP contribution in [0.25, 0.3) is 20.4 Å². The highest BCUT2D eigenvalue weighted by atomic mass is 32.2. The van der Waals surface area contributed by atoms with Gasteiger partial charge in [0.25, 0.3) is 10.1 Å². The Bertz CT molecular complexity index is 2970. The summed E-state index contributed by atoms with van der Waals surface area (Å²) in [6.45, 7) is 10.4. The minimum Gasteiger partial charge on any atom is -0.494 e. The normalized spacial score (nSPS) is 11.8. The molecule has 0 spiro atoms. The number of hydrogen-bond donors (Lipinski definition) is 5. The number of ether oxygens (including phenoxy) is 2. The summed E-state index contributed by atoms with van der Waals surface area (Å²) in [5, 5.41) is 45.5. The highest BCUT2D eigenvalue weighted by molar-refractivity contribution is 7.86. The number of methoxy groups -OCH3 is 2. The fourth-order valence-corrected chi connectivity index (χ4v) is 9.71. The van der Waals surface area contributed by atoms with Crippen LogP contribution in [0.15, 0.2) is 92.1 Å². The lowest BCUT2D eigenvalue weighted by Crippen LogP contribution is -2.31. The van der Waals surface area contributed by atoms with Crippen molar-refractivity contribution in [1.29, 1.82) is 0 Å². The first-order valence-corrected chi connectivity index (χ1v) is 24.3. The van der Waals surface area contributed by atoms with Gasteiger partial charge in [-0.2, -0.15) is 23.4 Å². The second-order valence-electron chi connectivity index (χ2n) is 14.3. The molecule has 0 aliphatic rings. The molecule has 24 heteroatoms. The third-order valence-corrected chi connectivity index (χ3v) is 13.3. The van der Waals surface area contributed by atoms with Crippen molar-refractivity contribution < 1.29 is 32.7 Å². The largest absolute Gasteiger partial charge is 0.494 e.